The molecule has 0 radical (unpaired) electrons. The molecule has 1 saturated heterocycles. The summed E-state index contributed by atoms with van der Waals surface area (Å²) in [6.07, 6.45) is 0.404. The van der Waals surface area contributed by atoms with Crippen LogP contribution in [-0.2, 0) is 4.79 Å². The Bertz CT molecular complexity index is 124. The molecule has 1 aliphatic heterocycles. The Morgan fingerprint density at radius 1 is 1.55 bits per heavy atom. The molecule has 1 fully saturated rings. The Morgan fingerprint density at radius 3 is 2.73 bits per heavy atom. The Balaban J connectivity index is 2.26. The number of aliphatic hydroxyl groups excluding tert-OH is 1. The first-order valence-electron chi connectivity index (χ1n) is 3.91. The van der Waals surface area contributed by atoms with Crippen molar-refractivity contribution in [3.05, 3.63) is 0 Å². The van der Waals surface area contributed by atoms with E-state index in [9.17, 15) is 9.90 Å². The number of aldehydes is 1. The molecule has 1 unspecified atom stereocenters. The van der Waals surface area contributed by atoms with E-state index in [1.165, 1.54) is 0 Å². The SMILES string of the molecule is O=CCC(O)N1CCNCC1. The van der Waals surface area contributed by atoms with E-state index in [0.29, 0.717) is 0 Å². The van der Waals surface area contributed by atoms with Crippen molar-refractivity contribution in [3.63, 3.8) is 0 Å². The van der Waals surface area contributed by atoms with Crippen molar-refractivity contribution in [2.75, 3.05) is 26.2 Å². The zero-order valence-electron chi connectivity index (χ0n) is 6.49. The maximum atomic E-state index is 10.1. The first-order chi connectivity index (χ1) is 5.34. The van der Waals surface area contributed by atoms with Crippen LogP contribution >= 0.6 is 0 Å². The molecular weight excluding hydrogens is 144 g/mol. The van der Waals surface area contributed by atoms with Gasteiger partial charge in [-0.2, -0.15) is 0 Å². The third-order valence-electron chi connectivity index (χ3n) is 1.88. The van der Waals surface area contributed by atoms with Crippen LogP contribution < -0.4 is 5.32 Å². The normalized spacial score (nSPS) is 23.0. The topological polar surface area (TPSA) is 52.6 Å². The van der Waals surface area contributed by atoms with Gasteiger partial charge in [-0.25, -0.2) is 0 Å². The summed E-state index contributed by atoms with van der Waals surface area (Å²) < 4.78 is 0. The molecular formula is C7H14N2O2. The lowest BCUT2D eigenvalue weighted by Gasteiger charge is -2.30. The highest BCUT2D eigenvalue weighted by Crippen LogP contribution is 2.00. The van der Waals surface area contributed by atoms with Crippen molar-refractivity contribution in [2.24, 2.45) is 0 Å². The summed E-state index contributed by atoms with van der Waals surface area (Å²) in [5.41, 5.74) is 0. The standard InChI is InChI=1S/C7H14N2O2/c10-6-1-7(11)9-4-2-8-3-5-9/h6-8,11H,1-5H2. The molecule has 4 nitrogen and oxygen atoms in total. The summed E-state index contributed by atoms with van der Waals surface area (Å²) in [5.74, 6) is 0. The lowest BCUT2D eigenvalue weighted by Crippen LogP contribution is -2.48. The van der Waals surface area contributed by atoms with Crippen LogP contribution in [0.25, 0.3) is 0 Å². The fraction of sp³-hybridized carbons (Fsp3) is 0.857. The van der Waals surface area contributed by atoms with E-state index in [-0.39, 0.29) is 6.42 Å². The minimum Gasteiger partial charge on any atom is -0.378 e. The average Bonchev–Trinajstić information content (AvgIpc) is 2.07. The van der Waals surface area contributed by atoms with Crippen LogP contribution in [0.3, 0.4) is 0 Å². The van der Waals surface area contributed by atoms with Crippen LogP contribution in [0, 0.1) is 0 Å². The minimum atomic E-state index is -0.574. The lowest BCUT2D eigenvalue weighted by molar-refractivity contribution is -0.112. The number of aliphatic hydroxyl groups is 1. The van der Waals surface area contributed by atoms with E-state index >= 15 is 0 Å². The summed E-state index contributed by atoms with van der Waals surface area (Å²) in [4.78, 5) is 12.0. The molecule has 0 aliphatic carbocycles. The van der Waals surface area contributed by atoms with Crippen LogP contribution in [0.2, 0.25) is 0 Å². The van der Waals surface area contributed by atoms with Gasteiger partial charge in [0.05, 0.1) is 0 Å². The van der Waals surface area contributed by atoms with Gasteiger partial charge in [0.2, 0.25) is 0 Å². The third kappa shape index (κ3) is 2.57. The van der Waals surface area contributed by atoms with E-state index in [1.54, 1.807) is 0 Å². The highest BCUT2D eigenvalue weighted by molar-refractivity contribution is 5.49. The molecule has 1 atom stereocenters. The number of carbonyl (C=O) groups excluding carboxylic acids is 1. The quantitative estimate of drug-likeness (QED) is 0.506. The summed E-state index contributed by atoms with van der Waals surface area (Å²) in [5, 5.41) is 12.5. The van der Waals surface area contributed by atoms with Gasteiger partial charge in [-0.05, 0) is 0 Å². The van der Waals surface area contributed by atoms with Gasteiger partial charge < -0.3 is 15.2 Å². The Hall–Kier alpha value is -0.450. The highest BCUT2D eigenvalue weighted by atomic mass is 16.3. The van der Waals surface area contributed by atoms with Gasteiger partial charge in [0, 0.05) is 32.6 Å². The second kappa shape index (κ2) is 4.43. The van der Waals surface area contributed by atoms with Gasteiger partial charge in [0.1, 0.15) is 12.5 Å². The van der Waals surface area contributed by atoms with Crippen molar-refractivity contribution < 1.29 is 9.90 Å². The van der Waals surface area contributed by atoms with Crippen molar-refractivity contribution in [1.82, 2.24) is 10.2 Å². The molecule has 0 bridgehead atoms. The summed E-state index contributed by atoms with van der Waals surface area (Å²) in [6.45, 7) is 3.45. The zero-order chi connectivity index (χ0) is 8.10. The summed E-state index contributed by atoms with van der Waals surface area (Å²) in [6, 6.07) is 0. The van der Waals surface area contributed by atoms with Gasteiger partial charge in [0.15, 0.2) is 0 Å². The highest BCUT2D eigenvalue weighted by Gasteiger charge is 2.16. The molecule has 0 amide bonds. The van der Waals surface area contributed by atoms with Crippen LogP contribution in [-0.4, -0.2) is 48.7 Å². The smallest absolute Gasteiger partial charge is 0.123 e. The van der Waals surface area contributed by atoms with E-state index in [4.69, 9.17) is 0 Å². The molecule has 0 spiro atoms. The molecule has 0 saturated carbocycles. The molecule has 11 heavy (non-hydrogen) atoms. The minimum absolute atomic E-state index is 0.222. The Kier molecular flexibility index (Phi) is 3.48. The zero-order valence-corrected chi connectivity index (χ0v) is 6.49. The maximum absolute atomic E-state index is 10.1. The van der Waals surface area contributed by atoms with E-state index < -0.39 is 6.23 Å². The predicted octanol–water partition coefficient (Wildman–Crippen LogP) is -1.20. The number of nitrogens with one attached hydrogen (secondary N) is 1. The van der Waals surface area contributed by atoms with Gasteiger partial charge >= 0.3 is 0 Å². The molecule has 0 aromatic rings. The fourth-order valence-electron chi connectivity index (χ4n) is 1.22. The Labute approximate surface area is 66.2 Å². The van der Waals surface area contributed by atoms with Crippen molar-refractivity contribution >= 4 is 6.29 Å². The van der Waals surface area contributed by atoms with Crippen LogP contribution in [0.1, 0.15) is 6.42 Å². The average molecular weight is 158 g/mol. The van der Waals surface area contributed by atoms with Crippen molar-refractivity contribution in [3.8, 4) is 0 Å². The van der Waals surface area contributed by atoms with Gasteiger partial charge in [-0.15, -0.1) is 0 Å². The molecule has 1 aliphatic rings. The number of carbonyl (C=O) groups is 1. The molecule has 2 N–H and O–H groups in total. The molecule has 1 heterocycles. The Morgan fingerprint density at radius 2 is 2.18 bits per heavy atom. The largest absolute Gasteiger partial charge is 0.378 e. The maximum Gasteiger partial charge on any atom is 0.123 e. The molecule has 1 rings (SSSR count). The molecule has 64 valence electrons. The van der Waals surface area contributed by atoms with Crippen molar-refractivity contribution in [2.45, 2.75) is 12.6 Å². The number of rotatable bonds is 3. The fourth-order valence-corrected chi connectivity index (χ4v) is 1.22. The number of nitrogens with zero attached hydrogens (tertiary/aromatic N) is 1. The van der Waals surface area contributed by atoms with Crippen LogP contribution in [0.15, 0.2) is 0 Å². The molecule has 0 aromatic carbocycles. The first-order valence-corrected chi connectivity index (χ1v) is 3.91. The molecule has 0 aromatic heterocycles. The van der Waals surface area contributed by atoms with Crippen LogP contribution in [0.5, 0.6) is 0 Å². The molecule has 4 heteroatoms. The van der Waals surface area contributed by atoms with E-state index in [0.717, 1.165) is 32.5 Å². The van der Waals surface area contributed by atoms with Gasteiger partial charge in [0.25, 0.3) is 0 Å². The number of hydrogen-bond acceptors (Lipinski definition) is 4. The lowest BCUT2D eigenvalue weighted by atomic mass is 10.3. The third-order valence-corrected chi connectivity index (χ3v) is 1.88. The second-order valence-corrected chi connectivity index (χ2v) is 2.67. The van der Waals surface area contributed by atoms with Crippen molar-refractivity contribution in [1.29, 1.82) is 0 Å². The van der Waals surface area contributed by atoms with Crippen LogP contribution in [0.4, 0.5) is 0 Å². The second-order valence-electron chi connectivity index (χ2n) is 2.67. The predicted molar refractivity (Wildman–Crippen MR) is 41.1 cm³/mol. The number of piperazine rings is 1. The number of hydrogen-bond donors (Lipinski definition) is 2. The van der Waals surface area contributed by atoms with E-state index in [1.807, 2.05) is 4.90 Å². The van der Waals surface area contributed by atoms with E-state index in [2.05, 4.69) is 5.32 Å². The van der Waals surface area contributed by atoms with Gasteiger partial charge in [-0.3, -0.25) is 4.90 Å². The van der Waals surface area contributed by atoms with Gasteiger partial charge in [-0.1, -0.05) is 0 Å². The summed E-state index contributed by atoms with van der Waals surface area (Å²) >= 11 is 0. The monoisotopic (exact) mass is 158 g/mol. The first kappa shape index (κ1) is 8.64. The summed E-state index contributed by atoms with van der Waals surface area (Å²) in [7, 11) is 0.